The molecule has 1 aromatic rings. The van der Waals surface area contributed by atoms with Crippen molar-refractivity contribution in [2.45, 2.75) is 32.1 Å². The predicted molar refractivity (Wildman–Crippen MR) is 82.1 cm³/mol. The highest BCUT2D eigenvalue weighted by Crippen LogP contribution is 2.29. The molecule has 108 valence electrons. The number of hydrogen-bond acceptors (Lipinski definition) is 4. The van der Waals surface area contributed by atoms with E-state index < -0.39 is 9.05 Å². The second kappa shape index (κ2) is 7.41. The Balaban J connectivity index is 2.75. The molecule has 1 aromatic carbocycles. The Labute approximate surface area is 124 Å². The summed E-state index contributed by atoms with van der Waals surface area (Å²) in [6.07, 6.45) is 0.979. The predicted octanol–water partition coefficient (Wildman–Crippen LogP) is 3.75. The normalized spacial score (nSPS) is 11.6. The summed E-state index contributed by atoms with van der Waals surface area (Å²) in [5.74, 6) is 2.91. The maximum Gasteiger partial charge on any atom is 0.261 e. The van der Waals surface area contributed by atoms with Gasteiger partial charge in [-0.05, 0) is 55.0 Å². The van der Waals surface area contributed by atoms with Crippen LogP contribution in [0.1, 0.15) is 24.5 Å². The van der Waals surface area contributed by atoms with Crippen LogP contribution in [-0.4, -0.2) is 26.5 Å². The molecular weight excluding hydrogens is 304 g/mol. The summed E-state index contributed by atoms with van der Waals surface area (Å²) in [4.78, 5) is 0.153. The first-order chi connectivity index (χ1) is 8.88. The Morgan fingerprint density at radius 1 is 1.26 bits per heavy atom. The van der Waals surface area contributed by atoms with Gasteiger partial charge >= 0.3 is 0 Å². The van der Waals surface area contributed by atoms with Crippen molar-refractivity contribution in [3.8, 4) is 5.75 Å². The molecule has 0 aliphatic rings. The molecule has 0 N–H and O–H groups in total. The van der Waals surface area contributed by atoms with Crippen molar-refractivity contribution in [1.29, 1.82) is 0 Å². The monoisotopic (exact) mass is 322 g/mol. The second-order valence-electron chi connectivity index (χ2n) is 4.15. The molecule has 0 saturated carbocycles. The summed E-state index contributed by atoms with van der Waals surface area (Å²) in [5.41, 5.74) is 1.47. The smallest absolute Gasteiger partial charge is 0.261 e. The van der Waals surface area contributed by atoms with E-state index in [1.807, 2.05) is 18.7 Å². The third kappa shape index (κ3) is 4.89. The molecule has 6 heteroatoms. The first kappa shape index (κ1) is 16.7. The molecule has 0 saturated heterocycles. The molecule has 0 aliphatic carbocycles. The standard InChI is InChI=1S/C13H19ClO3S2/c1-4-18-9-5-8-17-12-6-7-13(19(14,15)16)11(3)10(12)2/h6-7H,4-5,8-9H2,1-3H3. The van der Waals surface area contributed by atoms with Gasteiger partial charge in [-0.1, -0.05) is 6.92 Å². The van der Waals surface area contributed by atoms with E-state index in [-0.39, 0.29) is 4.90 Å². The van der Waals surface area contributed by atoms with Crippen LogP contribution in [0.2, 0.25) is 0 Å². The lowest BCUT2D eigenvalue weighted by molar-refractivity contribution is 0.316. The Bertz CT molecular complexity index is 527. The van der Waals surface area contributed by atoms with Gasteiger partial charge in [0, 0.05) is 10.7 Å². The molecule has 0 unspecified atom stereocenters. The number of hydrogen-bond donors (Lipinski definition) is 0. The van der Waals surface area contributed by atoms with Crippen LogP contribution in [-0.2, 0) is 9.05 Å². The van der Waals surface area contributed by atoms with Crippen molar-refractivity contribution in [3.63, 3.8) is 0 Å². The fraction of sp³-hybridized carbons (Fsp3) is 0.538. The van der Waals surface area contributed by atoms with Crippen LogP contribution in [0.5, 0.6) is 5.75 Å². The van der Waals surface area contributed by atoms with Crippen molar-refractivity contribution in [2.75, 3.05) is 18.1 Å². The number of ether oxygens (including phenoxy) is 1. The van der Waals surface area contributed by atoms with Gasteiger partial charge in [-0.2, -0.15) is 11.8 Å². The van der Waals surface area contributed by atoms with Crippen LogP contribution in [0, 0.1) is 13.8 Å². The highest BCUT2D eigenvalue weighted by atomic mass is 35.7. The fourth-order valence-corrected chi connectivity index (χ4v) is 3.54. The minimum absolute atomic E-state index is 0.153. The molecule has 0 aromatic heterocycles. The SMILES string of the molecule is CCSCCCOc1ccc(S(=O)(=O)Cl)c(C)c1C. The van der Waals surface area contributed by atoms with Crippen LogP contribution >= 0.6 is 22.4 Å². The second-order valence-corrected chi connectivity index (χ2v) is 8.08. The zero-order valence-corrected chi connectivity index (χ0v) is 13.8. The summed E-state index contributed by atoms with van der Waals surface area (Å²) in [5, 5.41) is 0. The molecule has 0 amide bonds. The van der Waals surface area contributed by atoms with Gasteiger partial charge in [0.1, 0.15) is 5.75 Å². The van der Waals surface area contributed by atoms with Crippen LogP contribution in [0.4, 0.5) is 0 Å². The molecule has 3 nitrogen and oxygen atoms in total. The lowest BCUT2D eigenvalue weighted by atomic mass is 10.1. The summed E-state index contributed by atoms with van der Waals surface area (Å²) in [7, 11) is 1.69. The van der Waals surface area contributed by atoms with E-state index in [2.05, 4.69) is 6.92 Å². The highest BCUT2D eigenvalue weighted by molar-refractivity contribution is 8.13. The topological polar surface area (TPSA) is 43.4 Å². The van der Waals surface area contributed by atoms with Gasteiger partial charge in [0.2, 0.25) is 0 Å². The zero-order valence-electron chi connectivity index (χ0n) is 11.4. The average molecular weight is 323 g/mol. The van der Waals surface area contributed by atoms with E-state index >= 15 is 0 Å². The van der Waals surface area contributed by atoms with Crippen molar-refractivity contribution in [2.24, 2.45) is 0 Å². The number of rotatable bonds is 7. The minimum Gasteiger partial charge on any atom is -0.493 e. The maximum absolute atomic E-state index is 11.4. The molecule has 0 fully saturated rings. The lowest BCUT2D eigenvalue weighted by Crippen LogP contribution is -2.03. The van der Waals surface area contributed by atoms with Gasteiger partial charge in [-0.15, -0.1) is 0 Å². The molecule has 0 spiro atoms. The number of thioether (sulfide) groups is 1. The van der Waals surface area contributed by atoms with Gasteiger partial charge in [0.05, 0.1) is 11.5 Å². The van der Waals surface area contributed by atoms with Gasteiger partial charge in [0.15, 0.2) is 0 Å². The van der Waals surface area contributed by atoms with Crippen LogP contribution in [0.15, 0.2) is 17.0 Å². The van der Waals surface area contributed by atoms with Gasteiger partial charge in [-0.3, -0.25) is 0 Å². The van der Waals surface area contributed by atoms with E-state index in [9.17, 15) is 8.42 Å². The van der Waals surface area contributed by atoms with Crippen molar-refractivity contribution in [3.05, 3.63) is 23.3 Å². The fourth-order valence-electron chi connectivity index (χ4n) is 1.68. The van der Waals surface area contributed by atoms with Gasteiger partial charge in [-0.25, -0.2) is 8.42 Å². The summed E-state index contributed by atoms with van der Waals surface area (Å²) < 4.78 is 28.4. The van der Waals surface area contributed by atoms with Crippen molar-refractivity contribution >= 4 is 31.5 Å². The summed E-state index contributed by atoms with van der Waals surface area (Å²) in [6, 6.07) is 3.17. The highest BCUT2D eigenvalue weighted by Gasteiger charge is 2.16. The molecule has 19 heavy (non-hydrogen) atoms. The molecule has 0 radical (unpaired) electrons. The van der Waals surface area contributed by atoms with E-state index in [1.54, 1.807) is 13.0 Å². The Morgan fingerprint density at radius 3 is 2.53 bits per heavy atom. The Morgan fingerprint density at radius 2 is 1.95 bits per heavy atom. The van der Waals surface area contributed by atoms with Crippen molar-refractivity contribution < 1.29 is 13.2 Å². The van der Waals surface area contributed by atoms with E-state index in [0.29, 0.717) is 12.2 Å². The Hall–Kier alpha value is -0.390. The van der Waals surface area contributed by atoms with E-state index in [4.69, 9.17) is 15.4 Å². The largest absolute Gasteiger partial charge is 0.493 e. The first-order valence-electron chi connectivity index (χ1n) is 6.13. The summed E-state index contributed by atoms with van der Waals surface area (Å²) >= 11 is 1.88. The van der Waals surface area contributed by atoms with Crippen molar-refractivity contribution in [1.82, 2.24) is 0 Å². The van der Waals surface area contributed by atoms with Gasteiger partial charge < -0.3 is 4.74 Å². The molecular formula is C13H19ClO3S2. The minimum atomic E-state index is -3.69. The van der Waals surface area contributed by atoms with E-state index in [1.165, 1.54) is 6.07 Å². The summed E-state index contributed by atoms with van der Waals surface area (Å²) in [6.45, 7) is 6.35. The first-order valence-corrected chi connectivity index (χ1v) is 9.59. The molecule has 0 atom stereocenters. The van der Waals surface area contributed by atoms with Crippen LogP contribution in [0.25, 0.3) is 0 Å². The van der Waals surface area contributed by atoms with E-state index in [0.717, 1.165) is 29.2 Å². The van der Waals surface area contributed by atoms with Crippen LogP contribution in [0.3, 0.4) is 0 Å². The molecule has 0 bridgehead atoms. The quantitative estimate of drug-likeness (QED) is 0.566. The maximum atomic E-state index is 11.4. The molecule has 0 heterocycles. The number of benzene rings is 1. The van der Waals surface area contributed by atoms with Crippen LogP contribution < -0.4 is 4.74 Å². The Kier molecular flexibility index (Phi) is 6.50. The zero-order chi connectivity index (χ0) is 14.5. The lowest BCUT2D eigenvalue weighted by Gasteiger charge is -2.13. The third-order valence-corrected chi connectivity index (χ3v) is 5.30. The third-order valence-electron chi connectivity index (χ3n) is 2.85. The van der Waals surface area contributed by atoms with Gasteiger partial charge in [0.25, 0.3) is 9.05 Å². The number of halogens is 1. The molecule has 0 aliphatic heterocycles. The average Bonchev–Trinajstić information content (AvgIpc) is 2.32. The molecule has 1 rings (SSSR count).